The highest BCUT2D eigenvalue weighted by molar-refractivity contribution is 14.1. The Balaban J connectivity index is 2.03. The molecule has 2 N–H and O–H groups in total. The lowest BCUT2D eigenvalue weighted by Crippen LogP contribution is -2.33. The van der Waals surface area contributed by atoms with E-state index in [2.05, 4.69) is 10.6 Å². The van der Waals surface area contributed by atoms with Crippen LogP contribution in [-0.2, 0) is 11.0 Å². The van der Waals surface area contributed by atoms with Gasteiger partial charge in [-0.15, -0.1) is 0 Å². The third-order valence-corrected chi connectivity index (χ3v) is 3.59. The minimum Gasteiger partial charge on any atom is -0.465 e. The zero-order chi connectivity index (χ0) is 17.7. The maximum Gasteiger partial charge on any atom is 0.418 e. The van der Waals surface area contributed by atoms with Gasteiger partial charge in [0.1, 0.15) is 5.76 Å². The molecular weight excluding hydrogens is 456 g/mol. The molecule has 0 aliphatic heterocycles. The van der Waals surface area contributed by atoms with Crippen LogP contribution in [0.3, 0.4) is 0 Å². The largest absolute Gasteiger partial charge is 0.465 e. The van der Waals surface area contributed by atoms with Crippen molar-refractivity contribution in [1.82, 2.24) is 5.32 Å². The van der Waals surface area contributed by atoms with Gasteiger partial charge in [-0.1, -0.05) is 0 Å². The summed E-state index contributed by atoms with van der Waals surface area (Å²) in [5.74, 6) is -0.135. The van der Waals surface area contributed by atoms with Gasteiger partial charge in [0.05, 0.1) is 17.5 Å². The Hall–Kier alpha value is -1.88. The van der Waals surface area contributed by atoms with Crippen LogP contribution < -0.4 is 10.6 Å². The van der Waals surface area contributed by atoms with E-state index < -0.39 is 17.6 Å². The number of carbonyl (C=O) groups excluding carboxylic acids is 1. The van der Waals surface area contributed by atoms with Crippen LogP contribution in [0.1, 0.15) is 11.3 Å². The fourth-order valence-electron chi connectivity index (χ4n) is 1.71. The van der Waals surface area contributed by atoms with Gasteiger partial charge in [-0.2, -0.15) is 13.2 Å². The van der Waals surface area contributed by atoms with E-state index in [9.17, 15) is 18.0 Å². The number of thiocarbonyl (C=S) groups is 1. The highest BCUT2D eigenvalue weighted by Gasteiger charge is 2.34. The number of benzene rings is 1. The van der Waals surface area contributed by atoms with E-state index in [4.69, 9.17) is 16.6 Å². The Morgan fingerprint density at radius 1 is 1.29 bits per heavy atom. The van der Waals surface area contributed by atoms with Crippen molar-refractivity contribution in [3.63, 3.8) is 0 Å². The average Bonchev–Trinajstić information content (AvgIpc) is 2.99. The van der Waals surface area contributed by atoms with Crippen molar-refractivity contribution in [3.8, 4) is 0 Å². The van der Waals surface area contributed by atoms with Crippen LogP contribution in [0.4, 0.5) is 18.9 Å². The van der Waals surface area contributed by atoms with Crippen LogP contribution in [0.5, 0.6) is 0 Å². The van der Waals surface area contributed by atoms with Crippen molar-refractivity contribution in [2.45, 2.75) is 6.18 Å². The van der Waals surface area contributed by atoms with Crippen LogP contribution in [0, 0.1) is 3.57 Å². The summed E-state index contributed by atoms with van der Waals surface area (Å²) in [5, 5.41) is 4.42. The van der Waals surface area contributed by atoms with Crippen molar-refractivity contribution < 1.29 is 22.4 Å². The summed E-state index contributed by atoms with van der Waals surface area (Å²) < 4.78 is 44.5. The molecule has 24 heavy (non-hydrogen) atoms. The van der Waals surface area contributed by atoms with Crippen molar-refractivity contribution >= 4 is 57.6 Å². The first kappa shape index (κ1) is 18.5. The van der Waals surface area contributed by atoms with Crippen LogP contribution in [0.25, 0.3) is 6.08 Å². The van der Waals surface area contributed by atoms with Gasteiger partial charge in [0.2, 0.25) is 5.91 Å². The molecule has 0 saturated carbocycles. The quantitative estimate of drug-likeness (QED) is 0.400. The molecule has 0 spiro atoms. The number of anilines is 1. The third kappa shape index (κ3) is 5.34. The van der Waals surface area contributed by atoms with E-state index in [0.29, 0.717) is 9.33 Å². The molecule has 0 aliphatic carbocycles. The number of alkyl halides is 3. The SMILES string of the molecule is O=C(C=Cc1ccco1)NC(=S)Nc1ccc(I)cc1C(F)(F)F. The first-order valence-corrected chi connectivity index (χ1v) is 7.95. The number of amides is 1. The summed E-state index contributed by atoms with van der Waals surface area (Å²) in [6.07, 6.45) is -0.531. The maximum atomic E-state index is 13.0. The monoisotopic (exact) mass is 466 g/mol. The number of hydrogen-bond donors (Lipinski definition) is 2. The molecule has 1 amide bonds. The Morgan fingerprint density at radius 3 is 2.67 bits per heavy atom. The van der Waals surface area contributed by atoms with Gasteiger partial charge >= 0.3 is 6.18 Å². The average molecular weight is 466 g/mol. The summed E-state index contributed by atoms with van der Waals surface area (Å²) in [6, 6.07) is 7.03. The number of nitrogens with one attached hydrogen (secondary N) is 2. The smallest absolute Gasteiger partial charge is 0.418 e. The fraction of sp³-hybridized carbons (Fsp3) is 0.0667. The molecule has 126 valence electrons. The summed E-state index contributed by atoms with van der Waals surface area (Å²) in [5.41, 5.74) is -1.10. The van der Waals surface area contributed by atoms with E-state index in [0.717, 1.165) is 12.1 Å². The molecular formula is C15H10F3IN2O2S. The van der Waals surface area contributed by atoms with E-state index in [1.165, 1.54) is 24.5 Å². The zero-order valence-electron chi connectivity index (χ0n) is 11.9. The summed E-state index contributed by atoms with van der Waals surface area (Å²) in [7, 11) is 0. The van der Waals surface area contributed by atoms with Crippen LogP contribution in [-0.4, -0.2) is 11.0 Å². The molecule has 4 nitrogen and oxygen atoms in total. The number of halogens is 4. The predicted octanol–water partition coefficient (Wildman–Crippen LogP) is 4.43. The lowest BCUT2D eigenvalue weighted by atomic mass is 10.1. The lowest BCUT2D eigenvalue weighted by Gasteiger charge is -2.15. The molecule has 1 heterocycles. The van der Waals surface area contributed by atoms with Gasteiger partial charge in [-0.25, -0.2) is 0 Å². The number of furan rings is 1. The van der Waals surface area contributed by atoms with Crippen molar-refractivity contribution in [2.24, 2.45) is 0 Å². The van der Waals surface area contributed by atoms with Gasteiger partial charge in [0.15, 0.2) is 5.11 Å². The molecule has 0 atom stereocenters. The molecule has 0 aliphatic rings. The second kappa shape index (κ2) is 7.79. The molecule has 9 heteroatoms. The number of hydrogen-bond acceptors (Lipinski definition) is 3. The normalized spacial score (nSPS) is 11.5. The summed E-state index contributed by atoms with van der Waals surface area (Å²) >= 11 is 6.66. The second-order valence-electron chi connectivity index (χ2n) is 4.48. The molecule has 2 aromatic rings. The Kier molecular flexibility index (Phi) is 5.99. The Bertz CT molecular complexity index is 774. The molecule has 1 aromatic heterocycles. The van der Waals surface area contributed by atoms with Gasteiger partial charge in [0.25, 0.3) is 0 Å². The van der Waals surface area contributed by atoms with Crippen molar-refractivity contribution in [1.29, 1.82) is 0 Å². The van der Waals surface area contributed by atoms with Gasteiger partial charge < -0.3 is 9.73 Å². The molecule has 0 fully saturated rings. The fourth-order valence-corrected chi connectivity index (χ4v) is 2.41. The number of carbonyl (C=O) groups is 1. The highest BCUT2D eigenvalue weighted by Crippen LogP contribution is 2.35. The molecule has 0 saturated heterocycles. The van der Waals surface area contributed by atoms with Crippen LogP contribution in [0.15, 0.2) is 47.1 Å². The van der Waals surface area contributed by atoms with Gasteiger partial charge in [0, 0.05) is 9.65 Å². The standard InChI is InChI=1S/C15H10F3IN2O2S/c16-15(17,18)11-8-9(19)3-5-12(11)20-14(24)21-13(22)6-4-10-2-1-7-23-10/h1-8H,(H2,20,21,22,24). The minimum absolute atomic E-state index is 0.233. The second-order valence-corrected chi connectivity index (χ2v) is 6.13. The predicted molar refractivity (Wildman–Crippen MR) is 96.3 cm³/mol. The first-order chi connectivity index (χ1) is 11.3. The Morgan fingerprint density at radius 2 is 2.04 bits per heavy atom. The first-order valence-electron chi connectivity index (χ1n) is 6.46. The van der Waals surface area contributed by atoms with Crippen LogP contribution in [0.2, 0.25) is 0 Å². The maximum absolute atomic E-state index is 13.0. The van der Waals surface area contributed by atoms with Crippen molar-refractivity contribution in [3.05, 3.63) is 57.6 Å². The van der Waals surface area contributed by atoms with E-state index in [-0.39, 0.29) is 10.8 Å². The van der Waals surface area contributed by atoms with Crippen LogP contribution >= 0.6 is 34.8 Å². The van der Waals surface area contributed by atoms with E-state index in [1.807, 2.05) is 0 Å². The van der Waals surface area contributed by atoms with Gasteiger partial charge in [-0.3, -0.25) is 10.1 Å². The molecule has 0 bridgehead atoms. The molecule has 1 aromatic carbocycles. The zero-order valence-corrected chi connectivity index (χ0v) is 14.8. The highest BCUT2D eigenvalue weighted by atomic mass is 127. The van der Waals surface area contributed by atoms with Crippen molar-refractivity contribution in [2.75, 3.05) is 5.32 Å². The summed E-state index contributed by atoms with van der Waals surface area (Å²) in [6.45, 7) is 0. The minimum atomic E-state index is -4.54. The van der Waals surface area contributed by atoms with E-state index >= 15 is 0 Å². The number of rotatable bonds is 3. The third-order valence-electron chi connectivity index (χ3n) is 2.71. The summed E-state index contributed by atoms with van der Waals surface area (Å²) in [4.78, 5) is 11.7. The Labute approximate surface area is 154 Å². The molecule has 0 radical (unpaired) electrons. The topological polar surface area (TPSA) is 54.3 Å². The lowest BCUT2D eigenvalue weighted by molar-refractivity contribution is -0.137. The van der Waals surface area contributed by atoms with Gasteiger partial charge in [-0.05, 0) is 71.2 Å². The van der Waals surface area contributed by atoms with E-state index in [1.54, 1.807) is 34.7 Å². The molecule has 2 rings (SSSR count). The molecule has 0 unspecified atom stereocenters.